The molecule has 0 radical (unpaired) electrons. The second-order valence-electron chi connectivity index (χ2n) is 6.28. The molecule has 0 aliphatic carbocycles. The average molecular weight is 370 g/mol. The summed E-state index contributed by atoms with van der Waals surface area (Å²) in [5.74, 6) is 1.20. The maximum Gasteiger partial charge on any atom is 0.267 e. The summed E-state index contributed by atoms with van der Waals surface area (Å²) in [7, 11) is 3.14. The molecule has 0 spiro atoms. The number of nitrogens with one attached hydrogen (secondary N) is 1. The molecule has 1 N–H and O–H groups in total. The van der Waals surface area contributed by atoms with Crippen LogP contribution >= 0.6 is 0 Å². The van der Waals surface area contributed by atoms with Crippen LogP contribution in [0, 0.1) is 0 Å². The lowest BCUT2D eigenvalue weighted by molar-refractivity contribution is -0.144. The van der Waals surface area contributed by atoms with E-state index >= 15 is 0 Å². The fourth-order valence-electron chi connectivity index (χ4n) is 2.78. The van der Waals surface area contributed by atoms with Gasteiger partial charge < -0.3 is 24.4 Å². The number of hydrogen-bond donors (Lipinski definition) is 1. The van der Waals surface area contributed by atoms with Gasteiger partial charge in [0, 0.05) is 12.7 Å². The second kappa shape index (κ2) is 7.99. The van der Waals surface area contributed by atoms with Crippen LogP contribution < -0.4 is 19.5 Å². The second-order valence-corrected chi connectivity index (χ2v) is 6.28. The lowest BCUT2D eigenvalue weighted by Gasteiger charge is -2.33. The van der Waals surface area contributed by atoms with E-state index in [1.807, 2.05) is 12.1 Å². The first kappa shape index (κ1) is 18.6. The first-order valence-corrected chi connectivity index (χ1v) is 8.59. The molecule has 0 saturated carbocycles. The van der Waals surface area contributed by atoms with Crippen LogP contribution in [0.4, 0.5) is 5.69 Å². The Labute approximate surface area is 157 Å². The Bertz CT molecular complexity index is 821. The third kappa shape index (κ3) is 4.31. The average Bonchev–Trinajstić information content (AvgIpc) is 2.67. The van der Waals surface area contributed by atoms with Crippen molar-refractivity contribution in [1.82, 2.24) is 4.90 Å². The van der Waals surface area contributed by atoms with E-state index in [0.717, 1.165) is 0 Å². The summed E-state index contributed by atoms with van der Waals surface area (Å²) in [6.45, 7) is 1.67. The van der Waals surface area contributed by atoms with Crippen LogP contribution in [0.5, 0.6) is 17.2 Å². The number of likely N-dealkylation sites (N-methyl/N-ethyl adjacent to an activating group) is 1. The largest absolute Gasteiger partial charge is 0.497 e. The molecule has 2 amide bonds. The third-order valence-electron chi connectivity index (χ3n) is 4.22. The standard InChI is InChI=1S/C20H22N2O5/c1-13-19(27-17-7-5-4-6-16(17)26-13)20(24)22(2)12-18(23)21-14-8-10-15(25-3)11-9-14/h4-11,13,19H,12H2,1-3H3,(H,21,23). The van der Waals surface area contributed by atoms with Crippen LogP contribution in [0.15, 0.2) is 48.5 Å². The molecule has 2 unspecified atom stereocenters. The van der Waals surface area contributed by atoms with Crippen LogP contribution in [-0.4, -0.2) is 49.6 Å². The fourth-order valence-corrected chi connectivity index (χ4v) is 2.78. The minimum absolute atomic E-state index is 0.0981. The predicted molar refractivity (Wildman–Crippen MR) is 100 cm³/mol. The van der Waals surface area contributed by atoms with Gasteiger partial charge in [0.1, 0.15) is 11.9 Å². The number of para-hydroxylation sites is 2. The van der Waals surface area contributed by atoms with Gasteiger partial charge in [-0.2, -0.15) is 0 Å². The van der Waals surface area contributed by atoms with Crippen molar-refractivity contribution in [3.8, 4) is 17.2 Å². The molecule has 0 aromatic heterocycles. The van der Waals surface area contributed by atoms with E-state index in [9.17, 15) is 9.59 Å². The number of rotatable bonds is 5. The third-order valence-corrected chi connectivity index (χ3v) is 4.22. The Kier molecular flexibility index (Phi) is 5.49. The molecular formula is C20H22N2O5. The highest BCUT2D eigenvalue weighted by atomic mass is 16.6. The zero-order chi connectivity index (χ0) is 19.4. The van der Waals surface area contributed by atoms with Gasteiger partial charge in [-0.1, -0.05) is 12.1 Å². The van der Waals surface area contributed by atoms with E-state index in [1.165, 1.54) is 4.90 Å². The molecule has 0 bridgehead atoms. The quantitative estimate of drug-likeness (QED) is 0.874. The lowest BCUT2D eigenvalue weighted by atomic mass is 10.1. The molecule has 1 aliphatic heterocycles. The summed E-state index contributed by atoms with van der Waals surface area (Å²) < 4.78 is 16.6. The number of amides is 2. The minimum atomic E-state index is -0.807. The predicted octanol–water partition coefficient (Wildman–Crippen LogP) is 2.32. The summed E-state index contributed by atoms with van der Waals surface area (Å²) in [6, 6.07) is 14.1. The minimum Gasteiger partial charge on any atom is -0.497 e. The summed E-state index contributed by atoms with van der Waals surface area (Å²) in [5, 5.41) is 2.75. The summed E-state index contributed by atoms with van der Waals surface area (Å²) in [5.41, 5.74) is 0.626. The Morgan fingerprint density at radius 2 is 1.70 bits per heavy atom. The van der Waals surface area contributed by atoms with Gasteiger partial charge in [0.2, 0.25) is 12.0 Å². The van der Waals surface area contributed by atoms with E-state index in [0.29, 0.717) is 22.9 Å². The molecule has 142 valence electrons. The van der Waals surface area contributed by atoms with Gasteiger partial charge in [-0.3, -0.25) is 9.59 Å². The highest BCUT2D eigenvalue weighted by Crippen LogP contribution is 2.33. The number of ether oxygens (including phenoxy) is 3. The van der Waals surface area contributed by atoms with Crippen molar-refractivity contribution in [1.29, 1.82) is 0 Å². The molecule has 0 saturated heterocycles. The van der Waals surface area contributed by atoms with Crippen molar-refractivity contribution < 1.29 is 23.8 Å². The normalized spacial score (nSPS) is 17.7. The maximum absolute atomic E-state index is 12.7. The topological polar surface area (TPSA) is 77.1 Å². The fraction of sp³-hybridized carbons (Fsp3) is 0.300. The van der Waals surface area contributed by atoms with E-state index in [1.54, 1.807) is 57.5 Å². The lowest BCUT2D eigenvalue weighted by Crippen LogP contribution is -2.51. The number of benzene rings is 2. The van der Waals surface area contributed by atoms with Crippen molar-refractivity contribution >= 4 is 17.5 Å². The van der Waals surface area contributed by atoms with Crippen LogP contribution in [0.1, 0.15) is 6.92 Å². The number of methoxy groups -OCH3 is 1. The first-order chi connectivity index (χ1) is 13.0. The van der Waals surface area contributed by atoms with Gasteiger partial charge in [0.15, 0.2) is 11.5 Å². The molecular weight excluding hydrogens is 348 g/mol. The van der Waals surface area contributed by atoms with Gasteiger partial charge in [0.05, 0.1) is 13.7 Å². The zero-order valence-electron chi connectivity index (χ0n) is 15.5. The van der Waals surface area contributed by atoms with E-state index < -0.39 is 12.2 Å². The van der Waals surface area contributed by atoms with Crippen LogP contribution in [-0.2, 0) is 9.59 Å². The highest BCUT2D eigenvalue weighted by molar-refractivity contribution is 5.95. The molecule has 2 atom stereocenters. The Hall–Kier alpha value is -3.22. The Morgan fingerprint density at radius 3 is 2.33 bits per heavy atom. The molecule has 7 nitrogen and oxygen atoms in total. The first-order valence-electron chi connectivity index (χ1n) is 8.59. The van der Waals surface area contributed by atoms with E-state index in [-0.39, 0.29) is 18.4 Å². The molecule has 7 heteroatoms. The summed E-state index contributed by atoms with van der Waals surface area (Å²) in [4.78, 5) is 26.3. The molecule has 1 heterocycles. The van der Waals surface area contributed by atoms with Gasteiger partial charge in [0.25, 0.3) is 5.91 Å². The number of anilines is 1. The Balaban J connectivity index is 1.59. The zero-order valence-corrected chi connectivity index (χ0v) is 15.5. The molecule has 0 fully saturated rings. The molecule has 1 aliphatic rings. The SMILES string of the molecule is COc1ccc(NC(=O)CN(C)C(=O)C2Oc3ccccc3OC2C)cc1. The van der Waals surface area contributed by atoms with Gasteiger partial charge >= 0.3 is 0 Å². The van der Waals surface area contributed by atoms with Crippen molar-refractivity contribution in [3.05, 3.63) is 48.5 Å². The number of fused-ring (bicyclic) bond motifs is 1. The van der Waals surface area contributed by atoms with Crippen molar-refractivity contribution in [2.45, 2.75) is 19.1 Å². The van der Waals surface area contributed by atoms with Crippen molar-refractivity contribution in [3.63, 3.8) is 0 Å². The molecule has 3 rings (SSSR count). The Morgan fingerprint density at radius 1 is 1.07 bits per heavy atom. The van der Waals surface area contributed by atoms with Gasteiger partial charge in [-0.15, -0.1) is 0 Å². The highest BCUT2D eigenvalue weighted by Gasteiger charge is 2.36. The molecule has 27 heavy (non-hydrogen) atoms. The number of hydrogen-bond acceptors (Lipinski definition) is 5. The van der Waals surface area contributed by atoms with Crippen molar-refractivity contribution in [2.24, 2.45) is 0 Å². The number of carbonyl (C=O) groups excluding carboxylic acids is 2. The molecule has 2 aromatic rings. The number of carbonyl (C=O) groups is 2. The van der Waals surface area contributed by atoms with Crippen LogP contribution in [0.3, 0.4) is 0 Å². The molecule has 2 aromatic carbocycles. The summed E-state index contributed by atoms with van der Waals surface area (Å²) >= 11 is 0. The monoisotopic (exact) mass is 370 g/mol. The van der Waals surface area contributed by atoms with Gasteiger partial charge in [-0.05, 0) is 43.3 Å². The van der Waals surface area contributed by atoms with Crippen LogP contribution in [0.25, 0.3) is 0 Å². The van der Waals surface area contributed by atoms with Crippen LogP contribution in [0.2, 0.25) is 0 Å². The van der Waals surface area contributed by atoms with Gasteiger partial charge in [-0.25, -0.2) is 0 Å². The van der Waals surface area contributed by atoms with E-state index in [2.05, 4.69) is 5.32 Å². The summed E-state index contributed by atoms with van der Waals surface area (Å²) in [6.07, 6.45) is -1.27. The maximum atomic E-state index is 12.7. The number of nitrogens with zero attached hydrogens (tertiary/aromatic N) is 1. The van der Waals surface area contributed by atoms with E-state index in [4.69, 9.17) is 14.2 Å². The van der Waals surface area contributed by atoms with Crippen molar-refractivity contribution in [2.75, 3.05) is 26.0 Å². The smallest absolute Gasteiger partial charge is 0.267 e.